The summed E-state index contributed by atoms with van der Waals surface area (Å²) in [5, 5.41) is 0. The Morgan fingerprint density at radius 1 is 1.38 bits per heavy atom. The van der Waals surface area contributed by atoms with Crippen molar-refractivity contribution in [3.8, 4) is 0 Å². The zero-order valence-electron chi connectivity index (χ0n) is 10.1. The van der Waals surface area contributed by atoms with E-state index < -0.39 is 0 Å². The number of nitrogens with two attached hydrogens (primary N) is 1. The van der Waals surface area contributed by atoms with Crippen LogP contribution in [0, 0.1) is 5.82 Å². The quantitative estimate of drug-likeness (QED) is 0.804. The monoisotopic (exact) mass is 224 g/mol. The molecule has 0 fully saturated rings. The van der Waals surface area contributed by atoms with Crippen molar-refractivity contribution in [3.05, 3.63) is 35.6 Å². The van der Waals surface area contributed by atoms with Crippen LogP contribution in [-0.2, 0) is 0 Å². The average molecular weight is 224 g/mol. The highest BCUT2D eigenvalue weighted by molar-refractivity contribution is 5.21. The molecule has 0 aliphatic heterocycles. The fourth-order valence-electron chi connectivity index (χ4n) is 2.01. The predicted octanol–water partition coefficient (Wildman–Crippen LogP) is 2.56. The maximum atomic E-state index is 13.7. The minimum absolute atomic E-state index is 0.117. The third kappa shape index (κ3) is 3.29. The molecule has 0 aliphatic rings. The van der Waals surface area contributed by atoms with E-state index in [1.54, 1.807) is 6.07 Å². The van der Waals surface area contributed by atoms with E-state index in [2.05, 4.69) is 11.8 Å². The molecular weight excluding hydrogens is 203 g/mol. The average Bonchev–Trinajstić information content (AvgIpc) is 2.30. The highest BCUT2D eigenvalue weighted by Gasteiger charge is 2.17. The molecule has 2 nitrogen and oxygen atoms in total. The molecule has 0 amide bonds. The highest BCUT2D eigenvalue weighted by atomic mass is 19.1. The van der Waals surface area contributed by atoms with Gasteiger partial charge in [0.05, 0.1) is 0 Å². The second kappa shape index (κ2) is 6.61. The summed E-state index contributed by atoms with van der Waals surface area (Å²) >= 11 is 0. The molecular formula is C13H21FN2. The van der Waals surface area contributed by atoms with E-state index in [4.69, 9.17) is 5.73 Å². The van der Waals surface area contributed by atoms with Crippen LogP contribution in [0.15, 0.2) is 24.3 Å². The standard InChI is InChI=1S/C13H21FN2/c1-3-13(16(2)10-6-9-15)11-7-4-5-8-12(11)14/h4-5,7-8,13H,3,6,9-10,15H2,1-2H3. The van der Waals surface area contributed by atoms with E-state index >= 15 is 0 Å². The molecule has 16 heavy (non-hydrogen) atoms. The zero-order chi connectivity index (χ0) is 12.0. The van der Waals surface area contributed by atoms with Crippen LogP contribution in [0.3, 0.4) is 0 Å². The number of halogens is 1. The van der Waals surface area contributed by atoms with Crippen LogP contribution >= 0.6 is 0 Å². The second-order valence-corrected chi connectivity index (χ2v) is 4.07. The Hall–Kier alpha value is -0.930. The Bertz CT molecular complexity index is 315. The van der Waals surface area contributed by atoms with Crippen molar-refractivity contribution in [1.82, 2.24) is 4.90 Å². The Morgan fingerprint density at radius 3 is 2.62 bits per heavy atom. The van der Waals surface area contributed by atoms with Crippen molar-refractivity contribution in [3.63, 3.8) is 0 Å². The van der Waals surface area contributed by atoms with Gasteiger partial charge >= 0.3 is 0 Å². The molecule has 2 N–H and O–H groups in total. The third-order valence-electron chi connectivity index (χ3n) is 2.90. The first-order chi connectivity index (χ1) is 7.70. The summed E-state index contributed by atoms with van der Waals surface area (Å²) in [4.78, 5) is 2.17. The maximum Gasteiger partial charge on any atom is 0.127 e. The fourth-order valence-corrected chi connectivity index (χ4v) is 2.01. The molecule has 0 saturated carbocycles. The van der Waals surface area contributed by atoms with Crippen LogP contribution < -0.4 is 5.73 Å². The van der Waals surface area contributed by atoms with E-state index in [1.807, 2.05) is 19.2 Å². The van der Waals surface area contributed by atoms with Crippen LogP contribution in [0.2, 0.25) is 0 Å². The van der Waals surface area contributed by atoms with Crippen LogP contribution in [0.5, 0.6) is 0 Å². The van der Waals surface area contributed by atoms with Gasteiger partial charge in [0.2, 0.25) is 0 Å². The van der Waals surface area contributed by atoms with Gasteiger partial charge in [-0.2, -0.15) is 0 Å². The summed E-state index contributed by atoms with van der Waals surface area (Å²) in [5.41, 5.74) is 6.27. The lowest BCUT2D eigenvalue weighted by molar-refractivity contribution is 0.232. The summed E-state index contributed by atoms with van der Waals surface area (Å²) in [7, 11) is 2.02. The van der Waals surface area contributed by atoms with Gasteiger partial charge in [0, 0.05) is 11.6 Å². The van der Waals surface area contributed by atoms with E-state index in [9.17, 15) is 4.39 Å². The van der Waals surface area contributed by atoms with Gasteiger partial charge in [0.15, 0.2) is 0 Å². The van der Waals surface area contributed by atoms with Crippen molar-refractivity contribution in [2.24, 2.45) is 5.73 Å². The number of rotatable bonds is 6. The molecule has 1 unspecified atom stereocenters. The Morgan fingerprint density at radius 2 is 2.06 bits per heavy atom. The third-order valence-corrected chi connectivity index (χ3v) is 2.90. The summed E-state index contributed by atoms with van der Waals surface area (Å²) in [6.45, 7) is 3.66. The van der Waals surface area contributed by atoms with E-state index in [0.717, 1.165) is 24.9 Å². The Labute approximate surface area is 97.3 Å². The van der Waals surface area contributed by atoms with Gasteiger partial charge in [0.1, 0.15) is 5.82 Å². The molecule has 0 heterocycles. The molecule has 0 saturated heterocycles. The highest BCUT2D eigenvalue weighted by Crippen LogP contribution is 2.25. The van der Waals surface area contributed by atoms with Gasteiger partial charge in [0.25, 0.3) is 0 Å². The lowest BCUT2D eigenvalue weighted by atomic mass is 10.0. The molecule has 0 aliphatic carbocycles. The maximum absolute atomic E-state index is 13.7. The summed E-state index contributed by atoms with van der Waals surface area (Å²) < 4.78 is 13.7. The van der Waals surface area contributed by atoms with Crippen LogP contribution in [0.4, 0.5) is 4.39 Å². The van der Waals surface area contributed by atoms with E-state index in [0.29, 0.717) is 6.54 Å². The molecule has 1 aromatic carbocycles. The summed E-state index contributed by atoms with van der Waals surface area (Å²) in [6.07, 6.45) is 1.85. The topological polar surface area (TPSA) is 29.3 Å². The molecule has 90 valence electrons. The summed E-state index contributed by atoms with van der Waals surface area (Å²) in [5.74, 6) is -0.117. The van der Waals surface area contributed by atoms with Crippen molar-refractivity contribution in [2.45, 2.75) is 25.8 Å². The molecule has 0 aromatic heterocycles. The fraction of sp³-hybridized carbons (Fsp3) is 0.538. The smallest absolute Gasteiger partial charge is 0.127 e. The van der Waals surface area contributed by atoms with E-state index in [1.165, 1.54) is 6.07 Å². The van der Waals surface area contributed by atoms with Crippen molar-refractivity contribution < 1.29 is 4.39 Å². The Kier molecular flexibility index (Phi) is 5.43. The molecule has 1 aromatic rings. The van der Waals surface area contributed by atoms with Gasteiger partial charge in [-0.05, 0) is 39.0 Å². The Balaban J connectivity index is 2.77. The normalized spacial score (nSPS) is 13.1. The van der Waals surface area contributed by atoms with Crippen molar-refractivity contribution in [2.75, 3.05) is 20.1 Å². The number of nitrogens with zero attached hydrogens (tertiary/aromatic N) is 1. The largest absolute Gasteiger partial charge is 0.330 e. The van der Waals surface area contributed by atoms with Gasteiger partial charge < -0.3 is 5.73 Å². The lowest BCUT2D eigenvalue weighted by Crippen LogP contribution is -2.27. The first-order valence-electron chi connectivity index (χ1n) is 5.85. The molecule has 3 heteroatoms. The first-order valence-corrected chi connectivity index (χ1v) is 5.85. The molecule has 1 atom stereocenters. The number of hydrogen-bond donors (Lipinski definition) is 1. The van der Waals surface area contributed by atoms with Gasteiger partial charge in [-0.1, -0.05) is 25.1 Å². The van der Waals surface area contributed by atoms with Crippen LogP contribution in [-0.4, -0.2) is 25.0 Å². The zero-order valence-corrected chi connectivity index (χ0v) is 10.1. The van der Waals surface area contributed by atoms with Crippen molar-refractivity contribution in [1.29, 1.82) is 0 Å². The minimum Gasteiger partial charge on any atom is -0.330 e. The van der Waals surface area contributed by atoms with Gasteiger partial charge in [-0.25, -0.2) is 4.39 Å². The van der Waals surface area contributed by atoms with Gasteiger partial charge in [-0.15, -0.1) is 0 Å². The minimum atomic E-state index is -0.117. The molecule has 0 spiro atoms. The SMILES string of the molecule is CCC(c1ccccc1F)N(C)CCCN. The lowest BCUT2D eigenvalue weighted by Gasteiger charge is -2.27. The van der Waals surface area contributed by atoms with E-state index in [-0.39, 0.29) is 11.9 Å². The van der Waals surface area contributed by atoms with Crippen LogP contribution in [0.25, 0.3) is 0 Å². The summed E-state index contributed by atoms with van der Waals surface area (Å²) in [6, 6.07) is 7.15. The second-order valence-electron chi connectivity index (χ2n) is 4.07. The molecule has 1 rings (SSSR count). The number of benzene rings is 1. The predicted molar refractivity (Wildman–Crippen MR) is 65.7 cm³/mol. The van der Waals surface area contributed by atoms with Crippen LogP contribution in [0.1, 0.15) is 31.4 Å². The van der Waals surface area contributed by atoms with Gasteiger partial charge in [-0.3, -0.25) is 4.90 Å². The first kappa shape index (κ1) is 13.1. The van der Waals surface area contributed by atoms with Crippen molar-refractivity contribution >= 4 is 0 Å². The molecule has 0 bridgehead atoms. The number of hydrogen-bond acceptors (Lipinski definition) is 2. The molecule has 0 radical (unpaired) electrons.